The van der Waals surface area contributed by atoms with E-state index >= 15 is 0 Å². The Balaban J connectivity index is 1.39. The highest BCUT2D eigenvalue weighted by Crippen LogP contribution is 2.51. The summed E-state index contributed by atoms with van der Waals surface area (Å²) in [5.41, 5.74) is 14.5. The van der Waals surface area contributed by atoms with Crippen molar-refractivity contribution >= 4 is 39.6 Å². The maximum absolute atomic E-state index is 2.65. The molecular formula is C42H36N2. The Morgan fingerprint density at radius 1 is 0.591 bits per heavy atom. The molecule has 0 spiro atoms. The maximum atomic E-state index is 2.65. The van der Waals surface area contributed by atoms with Gasteiger partial charge in [-0.15, -0.1) is 0 Å². The summed E-state index contributed by atoms with van der Waals surface area (Å²) in [6, 6.07) is 42.5. The molecule has 2 nitrogen and oxygen atoms in total. The van der Waals surface area contributed by atoms with Gasteiger partial charge in [0.2, 0.25) is 0 Å². The fraction of sp³-hybridized carbons (Fsp3) is 0.190. The van der Waals surface area contributed by atoms with Crippen LogP contribution in [0.2, 0.25) is 0 Å². The highest BCUT2D eigenvalue weighted by molar-refractivity contribution is 5.97. The molecule has 2 heteroatoms. The summed E-state index contributed by atoms with van der Waals surface area (Å²) in [6.07, 6.45) is 4.72. The summed E-state index contributed by atoms with van der Waals surface area (Å²) in [5.74, 6) is 0. The highest BCUT2D eigenvalue weighted by atomic mass is 15.1. The van der Waals surface area contributed by atoms with E-state index < -0.39 is 0 Å². The first-order valence-electron chi connectivity index (χ1n) is 15.9. The first-order chi connectivity index (χ1) is 21.4. The Hall–Kier alpha value is -4.82. The van der Waals surface area contributed by atoms with E-state index in [0.717, 1.165) is 24.2 Å². The Morgan fingerprint density at radius 3 is 2.02 bits per heavy atom. The minimum Gasteiger partial charge on any atom is -0.310 e. The molecule has 2 aliphatic heterocycles. The van der Waals surface area contributed by atoms with Crippen LogP contribution in [0.25, 0.3) is 39.4 Å². The monoisotopic (exact) mass is 568 g/mol. The lowest BCUT2D eigenvalue weighted by Gasteiger charge is -2.42. The molecule has 0 atom stereocenters. The molecule has 6 aromatic rings. The van der Waals surface area contributed by atoms with Gasteiger partial charge in [0.25, 0.3) is 0 Å². The van der Waals surface area contributed by atoms with Crippen LogP contribution in [-0.4, -0.2) is 4.57 Å². The first-order valence-corrected chi connectivity index (χ1v) is 15.9. The molecule has 0 amide bonds. The summed E-state index contributed by atoms with van der Waals surface area (Å²) >= 11 is 0. The minimum absolute atomic E-state index is 0.00307. The van der Waals surface area contributed by atoms with Gasteiger partial charge >= 0.3 is 0 Å². The van der Waals surface area contributed by atoms with Gasteiger partial charge in [-0.05, 0) is 82.6 Å². The largest absolute Gasteiger partial charge is 0.310 e. The van der Waals surface area contributed by atoms with Gasteiger partial charge in [-0.2, -0.15) is 0 Å². The Bertz CT molecular complexity index is 2270. The van der Waals surface area contributed by atoms with Crippen molar-refractivity contribution in [2.24, 2.45) is 0 Å². The Kier molecular flexibility index (Phi) is 5.17. The molecule has 0 N–H and O–H groups in total. The lowest BCUT2D eigenvalue weighted by atomic mass is 9.68. The zero-order valence-electron chi connectivity index (χ0n) is 25.9. The normalized spacial score (nSPS) is 16.5. The van der Waals surface area contributed by atoms with Gasteiger partial charge in [-0.3, -0.25) is 0 Å². The average molecular weight is 569 g/mol. The smallest absolute Gasteiger partial charge is 0.0583 e. The van der Waals surface area contributed by atoms with Crippen LogP contribution in [0.4, 0.5) is 17.1 Å². The fourth-order valence-corrected chi connectivity index (χ4v) is 8.43. The predicted molar refractivity (Wildman–Crippen MR) is 185 cm³/mol. The number of aromatic nitrogens is 1. The molecule has 44 heavy (non-hydrogen) atoms. The zero-order valence-corrected chi connectivity index (χ0v) is 25.9. The molecule has 0 fully saturated rings. The van der Waals surface area contributed by atoms with E-state index in [2.05, 4.69) is 158 Å². The molecule has 0 saturated heterocycles. The van der Waals surface area contributed by atoms with Gasteiger partial charge in [-0.1, -0.05) is 113 Å². The van der Waals surface area contributed by atoms with E-state index in [1.54, 1.807) is 5.57 Å². The minimum atomic E-state index is -0.154. The summed E-state index contributed by atoms with van der Waals surface area (Å²) in [5, 5.41) is 4.24. The molecule has 3 heterocycles. The van der Waals surface area contributed by atoms with Gasteiger partial charge in [0.1, 0.15) is 0 Å². The van der Waals surface area contributed by atoms with E-state index in [-0.39, 0.29) is 10.8 Å². The van der Waals surface area contributed by atoms with Crippen LogP contribution >= 0.6 is 0 Å². The van der Waals surface area contributed by atoms with Crippen LogP contribution in [0.1, 0.15) is 57.2 Å². The van der Waals surface area contributed by atoms with E-state index in [4.69, 9.17) is 0 Å². The topological polar surface area (TPSA) is 8.17 Å². The standard InChI is InChI=1S/C42H36N2/c1-41(2)34-21-12-20-32-33-25-31(26-37-39(33)44(38(32)34)40-35(41)22-13-23-36(40)42(37,3)4)43(29-17-9-6-10-18-29)30-19-11-16-28(24-30)27-14-7-5-8-15-27/h5-11,13-20,22-26H,12,21H2,1-4H3. The van der Waals surface area contributed by atoms with Crippen LogP contribution in [0, 0.1) is 0 Å². The molecule has 0 radical (unpaired) electrons. The molecule has 214 valence electrons. The zero-order chi connectivity index (χ0) is 29.8. The van der Waals surface area contributed by atoms with E-state index in [1.165, 1.54) is 60.7 Å². The van der Waals surface area contributed by atoms with Gasteiger partial charge in [-0.25, -0.2) is 0 Å². The van der Waals surface area contributed by atoms with Gasteiger partial charge in [0.15, 0.2) is 0 Å². The summed E-state index contributed by atoms with van der Waals surface area (Å²) in [6.45, 7) is 9.74. The molecule has 0 unspecified atom stereocenters. The number of nitrogens with zero attached hydrogens (tertiary/aromatic N) is 2. The van der Waals surface area contributed by atoms with Crippen LogP contribution in [-0.2, 0) is 10.8 Å². The van der Waals surface area contributed by atoms with E-state index in [1.807, 2.05) is 0 Å². The summed E-state index contributed by atoms with van der Waals surface area (Å²) < 4.78 is 2.65. The number of para-hydroxylation sites is 2. The first kappa shape index (κ1) is 25.7. The van der Waals surface area contributed by atoms with Crippen molar-refractivity contribution in [3.63, 3.8) is 0 Å². The molecule has 0 saturated carbocycles. The molecule has 1 aromatic heterocycles. The number of rotatable bonds is 4. The van der Waals surface area contributed by atoms with E-state index in [0.29, 0.717) is 0 Å². The molecule has 5 aromatic carbocycles. The lowest BCUT2D eigenvalue weighted by Crippen LogP contribution is -2.45. The van der Waals surface area contributed by atoms with Crippen LogP contribution in [0.5, 0.6) is 0 Å². The van der Waals surface area contributed by atoms with E-state index in [9.17, 15) is 0 Å². The second kappa shape index (κ2) is 8.86. The number of benzene rings is 5. The maximum Gasteiger partial charge on any atom is 0.0583 e. The fourth-order valence-electron chi connectivity index (χ4n) is 8.43. The molecule has 9 rings (SSSR count). The summed E-state index contributed by atoms with van der Waals surface area (Å²) in [4.78, 5) is 2.45. The lowest BCUT2D eigenvalue weighted by molar-refractivity contribution is 0.591. The van der Waals surface area contributed by atoms with Crippen molar-refractivity contribution in [2.45, 2.75) is 51.4 Å². The quantitative estimate of drug-likeness (QED) is 0.206. The average Bonchev–Trinajstić information content (AvgIpc) is 3.39. The van der Waals surface area contributed by atoms with Crippen molar-refractivity contribution < 1.29 is 0 Å². The molecule has 1 aliphatic carbocycles. The summed E-state index contributed by atoms with van der Waals surface area (Å²) in [7, 11) is 0. The molecule has 0 bridgehead atoms. The SMILES string of the molecule is CC1(C)C2=c3c(c4cc(N(c5ccccc5)c5cccc(-c6ccccc6)c5)cc5c4n3-c3c1cccc3C5(C)C)=CCC2. The third kappa shape index (κ3) is 3.31. The Morgan fingerprint density at radius 2 is 1.25 bits per heavy atom. The Labute approximate surface area is 259 Å². The third-order valence-electron chi connectivity index (χ3n) is 10.6. The van der Waals surface area contributed by atoms with Gasteiger partial charge in [0, 0.05) is 38.5 Å². The molecular weight excluding hydrogens is 532 g/mol. The van der Waals surface area contributed by atoms with Crippen molar-refractivity contribution in [1.82, 2.24) is 4.57 Å². The number of fused-ring (bicyclic) bond motifs is 1. The second-order valence-electron chi connectivity index (χ2n) is 13.7. The van der Waals surface area contributed by atoms with Crippen molar-refractivity contribution in [2.75, 3.05) is 4.90 Å². The number of anilines is 3. The second-order valence-corrected chi connectivity index (χ2v) is 13.7. The van der Waals surface area contributed by atoms with Crippen molar-refractivity contribution in [3.8, 4) is 16.8 Å². The van der Waals surface area contributed by atoms with Crippen LogP contribution in [0.15, 0.2) is 115 Å². The van der Waals surface area contributed by atoms with Crippen molar-refractivity contribution in [1.29, 1.82) is 0 Å². The van der Waals surface area contributed by atoms with Gasteiger partial charge in [0.05, 0.1) is 16.6 Å². The molecule has 3 aliphatic rings. The number of hydrogen-bond donors (Lipinski definition) is 0. The van der Waals surface area contributed by atoms with Crippen molar-refractivity contribution in [3.05, 3.63) is 143 Å². The predicted octanol–water partition coefficient (Wildman–Crippen LogP) is 9.42. The van der Waals surface area contributed by atoms with Crippen LogP contribution in [0.3, 0.4) is 0 Å². The number of hydrogen-bond acceptors (Lipinski definition) is 1. The highest BCUT2D eigenvalue weighted by Gasteiger charge is 2.43. The third-order valence-corrected chi connectivity index (χ3v) is 10.6. The van der Waals surface area contributed by atoms with Crippen LogP contribution < -0.4 is 15.5 Å². The van der Waals surface area contributed by atoms with Gasteiger partial charge < -0.3 is 9.47 Å².